The molecule has 23 heavy (non-hydrogen) atoms. The molecular formula is C18H29N3O2. The number of anilines is 1. The highest BCUT2D eigenvalue weighted by molar-refractivity contribution is 5.76. The number of likely N-dealkylation sites (tertiary alicyclic amines) is 1. The minimum absolute atomic E-state index is 0.131. The number of rotatable bonds is 8. The Bertz CT molecular complexity index is 485. The lowest BCUT2D eigenvalue weighted by Crippen LogP contribution is -2.45. The average Bonchev–Trinajstić information content (AvgIpc) is 2.56. The number of carbonyl (C=O) groups excluding carboxylic acids is 1. The summed E-state index contributed by atoms with van der Waals surface area (Å²) >= 11 is 0. The van der Waals surface area contributed by atoms with Crippen LogP contribution in [0, 0.1) is 0 Å². The highest BCUT2D eigenvalue weighted by Gasteiger charge is 2.20. The van der Waals surface area contributed by atoms with Gasteiger partial charge in [-0.1, -0.05) is 18.2 Å². The SMILES string of the molecule is COCCCN1CCC(NC(=O)CCc2ccccc2N)CC1. The topological polar surface area (TPSA) is 67.6 Å². The second-order valence-electron chi connectivity index (χ2n) is 6.23. The number of ether oxygens (including phenoxy) is 1. The summed E-state index contributed by atoms with van der Waals surface area (Å²) in [4.78, 5) is 14.6. The van der Waals surface area contributed by atoms with Crippen LogP contribution in [0.25, 0.3) is 0 Å². The number of carbonyl (C=O) groups is 1. The Hall–Kier alpha value is -1.59. The number of piperidine rings is 1. The molecule has 1 aromatic rings. The molecule has 1 aliphatic heterocycles. The molecule has 5 heteroatoms. The first-order valence-electron chi connectivity index (χ1n) is 8.53. The molecule has 0 atom stereocenters. The minimum atomic E-state index is 0.131. The van der Waals surface area contributed by atoms with Crippen molar-refractivity contribution in [3.05, 3.63) is 29.8 Å². The third-order valence-electron chi connectivity index (χ3n) is 4.45. The monoisotopic (exact) mass is 319 g/mol. The lowest BCUT2D eigenvalue weighted by molar-refractivity contribution is -0.122. The van der Waals surface area contributed by atoms with Crippen molar-refractivity contribution >= 4 is 11.6 Å². The van der Waals surface area contributed by atoms with Gasteiger partial charge in [0, 0.05) is 51.5 Å². The molecule has 0 saturated carbocycles. The third kappa shape index (κ3) is 6.20. The number of para-hydroxylation sites is 1. The first-order chi connectivity index (χ1) is 11.2. The van der Waals surface area contributed by atoms with Crippen LogP contribution in [0.15, 0.2) is 24.3 Å². The van der Waals surface area contributed by atoms with Crippen LogP contribution in [-0.2, 0) is 16.0 Å². The molecule has 0 radical (unpaired) electrons. The molecule has 3 N–H and O–H groups in total. The molecule has 1 fully saturated rings. The van der Waals surface area contributed by atoms with E-state index in [1.165, 1.54) is 0 Å². The van der Waals surface area contributed by atoms with E-state index in [0.717, 1.165) is 56.8 Å². The molecule has 0 aromatic heterocycles. The Morgan fingerprint density at radius 3 is 2.78 bits per heavy atom. The van der Waals surface area contributed by atoms with Gasteiger partial charge in [0.05, 0.1) is 0 Å². The van der Waals surface area contributed by atoms with Gasteiger partial charge in [-0.25, -0.2) is 0 Å². The molecule has 1 saturated heterocycles. The zero-order chi connectivity index (χ0) is 16.5. The number of benzene rings is 1. The van der Waals surface area contributed by atoms with Crippen LogP contribution in [-0.4, -0.2) is 50.2 Å². The fourth-order valence-corrected chi connectivity index (χ4v) is 3.04. The van der Waals surface area contributed by atoms with Gasteiger partial charge in [0.1, 0.15) is 0 Å². The summed E-state index contributed by atoms with van der Waals surface area (Å²) in [5.74, 6) is 0.131. The maximum absolute atomic E-state index is 12.1. The highest BCUT2D eigenvalue weighted by atomic mass is 16.5. The molecule has 0 aliphatic carbocycles. The lowest BCUT2D eigenvalue weighted by Gasteiger charge is -2.32. The van der Waals surface area contributed by atoms with Crippen LogP contribution in [0.2, 0.25) is 0 Å². The highest BCUT2D eigenvalue weighted by Crippen LogP contribution is 2.14. The normalized spacial score (nSPS) is 16.4. The molecule has 128 valence electrons. The molecule has 2 rings (SSSR count). The van der Waals surface area contributed by atoms with Crippen LogP contribution in [0.1, 0.15) is 31.2 Å². The number of aryl methyl sites for hydroxylation is 1. The number of nitrogens with zero attached hydrogens (tertiary/aromatic N) is 1. The fourth-order valence-electron chi connectivity index (χ4n) is 3.04. The minimum Gasteiger partial charge on any atom is -0.399 e. The van der Waals surface area contributed by atoms with E-state index in [0.29, 0.717) is 18.9 Å². The van der Waals surface area contributed by atoms with E-state index in [1.807, 2.05) is 24.3 Å². The molecule has 1 aliphatic rings. The molecule has 0 unspecified atom stereocenters. The van der Waals surface area contributed by atoms with E-state index in [4.69, 9.17) is 10.5 Å². The van der Waals surface area contributed by atoms with Crippen molar-refractivity contribution in [2.45, 2.75) is 38.1 Å². The van der Waals surface area contributed by atoms with Gasteiger partial charge >= 0.3 is 0 Å². The van der Waals surface area contributed by atoms with Gasteiger partial charge in [-0.2, -0.15) is 0 Å². The first kappa shape index (κ1) is 17.8. The Morgan fingerprint density at radius 1 is 1.35 bits per heavy atom. The quantitative estimate of drug-likeness (QED) is 0.566. The Labute approximate surface area is 139 Å². The molecule has 5 nitrogen and oxygen atoms in total. The predicted octanol–water partition coefficient (Wildman–Crippen LogP) is 1.82. The van der Waals surface area contributed by atoms with E-state index in [-0.39, 0.29) is 5.91 Å². The number of nitrogens with two attached hydrogens (primary N) is 1. The molecular weight excluding hydrogens is 290 g/mol. The number of nitrogen functional groups attached to an aromatic ring is 1. The maximum Gasteiger partial charge on any atom is 0.220 e. The molecule has 1 heterocycles. The Balaban J connectivity index is 1.64. The first-order valence-corrected chi connectivity index (χ1v) is 8.53. The Kier molecular flexibility index (Phi) is 7.36. The van der Waals surface area contributed by atoms with Crippen LogP contribution < -0.4 is 11.1 Å². The van der Waals surface area contributed by atoms with Gasteiger partial charge in [-0.3, -0.25) is 4.79 Å². The summed E-state index contributed by atoms with van der Waals surface area (Å²) in [5, 5.41) is 3.17. The summed E-state index contributed by atoms with van der Waals surface area (Å²) < 4.78 is 5.09. The van der Waals surface area contributed by atoms with E-state index >= 15 is 0 Å². The van der Waals surface area contributed by atoms with Crippen molar-refractivity contribution < 1.29 is 9.53 Å². The van der Waals surface area contributed by atoms with Gasteiger partial charge in [0.15, 0.2) is 0 Å². The van der Waals surface area contributed by atoms with Crippen molar-refractivity contribution in [1.29, 1.82) is 0 Å². The van der Waals surface area contributed by atoms with Crippen molar-refractivity contribution in [3.8, 4) is 0 Å². The smallest absolute Gasteiger partial charge is 0.220 e. The van der Waals surface area contributed by atoms with Crippen molar-refractivity contribution in [2.75, 3.05) is 39.1 Å². The zero-order valence-electron chi connectivity index (χ0n) is 14.1. The van der Waals surface area contributed by atoms with Crippen LogP contribution in [0.3, 0.4) is 0 Å². The summed E-state index contributed by atoms with van der Waals surface area (Å²) in [6, 6.07) is 8.06. The van der Waals surface area contributed by atoms with Crippen LogP contribution in [0.5, 0.6) is 0 Å². The number of hydrogen-bond donors (Lipinski definition) is 2. The second-order valence-corrected chi connectivity index (χ2v) is 6.23. The van der Waals surface area contributed by atoms with Crippen molar-refractivity contribution in [1.82, 2.24) is 10.2 Å². The number of nitrogens with one attached hydrogen (secondary N) is 1. The summed E-state index contributed by atoms with van der Waals surface area (Å²) in [5.41, 5.74) is 7.73. The van der Waals surface area contributed by atoms with E-state index in [1.54, 1.807) is 7.11 Å². The Morgan fingerprint density at radius 2 is 2.09 bits per heavy atom. The third-order valence-corrected chi connectivity index (χ3v) is 4.45. The average molecular weight is 319 g/mol. The maximum atomic E-state index is 12.1. The van der Waals surface area contributed by atoms with E-state index in [9.17, 15) is 4.79 Å². The van der Waals surface area contributed by atoms with E-state index < -0.39 is 0 Å². The summed E-state index contributed by atoms with van der Waals surface area (Å²) in [7, 11) is 1.74. The molecule has 0 spiro atoms. The zero-order valence-corrected chi connectivity index (χ0v) is 14.1. The van der Waals surface area contributed by atoms with Crippen molar-refractivity contribution in [3.63, 3.8) is 0 Å². The number of amides is 1. The van der Waals surface area contributed by atoms with Gasteiger partial charge < -0.3 is 20.7 Å². The van der Waals surface area contributed by atoms with Crippen LogP contribution >= 0.6 is 0 Å². The summed E-state index contributed by atoms with van der Waals surface area (Å²) in [6.07, 6.45) is 4.35. The standard InChI is InChI=1S/C18H29N3O2/c1-23-14-4-11-21-12-9-16(10-13-21)20-18(22)8-7-15-5-2-3-6-17(15)19/h2-3,5-6,16H,4,7-14,19H2,1H3,(H,20,22). The van der Waals surface area contributed by atoms with Gasteiger partial charge in [0.2, 0.25) is 5.91 Å². The number of hydrogen-bond acceptors (Lipinski definition) is 4. The molecule has 1 aromatic carbocycles. The largest absolute Gasteiger partial charge is 0.399 e. The fraction of sp³-hybridized carbons (Fsp3) is 0.611. The predicted molar refractivity (Wildman–Crippen MR) is 93.3 cm³/mol. The van der Waals surface area contributed by atoms with Gasteiger partial charge in [-0.05, 0) is 37.3 Å². The van der Waals surface area contributed by atoms with E-state index in [2.05, 4.69) is 10.2 Å². The second kappa shape index (κ2) is 9.53. The van der Waals surface area contributed by atoms with Crippen molar-refractivity contribution in [2.24, 2.45) is 0 Å². The van der Waals surface area contributed by atoms with Gasteiger partial charge in [0.25, 0.3) is 0 Å². The summed E-state index contributed by atoms with van der Waals surface area (Å²) in [6.45, 7) is 4.02. The number of methoxy groups -OCH3 is 1. The molecule has 0 bridgehead atoms. The van der Waals surface area contributed by atoms with Crippen LogP contribution in [0.4, 0.5) is 5.69 Å². The van der Waals surface area contributed by atoms with Gasteiger partial charge in [-0.15, -0.1) is 0 Å². The molecule has 1 amide bonds. The lowest BCUT2D eigenvalue weighted by atomic mass is 10.0.